The maximum atomic E-state index is 12.7. The van der Waals surface area contributed by atoms with Gasteiger partial charge in [0.1, 0.15) is 5.75 Å². The van der Waals surface area contributed by atoms with Crippen LogP contribution in [-0.2, 0) is 16.5 Å². The number of rotatable bonds is 6. The summed E-state index contributed by atoms with van der Waals surface area (Å²) in [7, 11) is 2.84. The summed E-state index contributed by atoms with van der Waals surface area (Å²) < 4.78 is 9.91. The normalized spacial score (nSPS) is 10.3. The molecule has 0 unspecified atom stereocenters. The minimum Gasteiger partial charge on any atom is -0.496 e. The van der Waals surface area contributed by atoms with Crippen molar-refractivity contribution in [3.63, 3.8) is 0 Å². The minimum absolute atomic E-state index is 0.0983. The van der Waals surface area contributed by atoms with E-state index < -0.39 is 5.97 Å². The van der Waals surface area contributed by atoms with Crippen molar-refractivity contribution < 1.29 is 19.1 Å². The zero-order chi connectivity index (χ0) is 17.7. The number of methoxy groups -OCH3 is 2. The molecule has 0 aliphatic carbocycles. The summed E-state index contributed by atoms with van der Waals surface area (Å²) in [5.41, 5.74) is 2.54. The molecular weight excluding hydrogens is 351 g/mol. The van der Waals surface area contributed by atoms with Crippen molar-refractivity contribution in [2.45, 2.75) is 11.8 Å². The maximum Gasteiger partial charge on any atom is 0.338 e. The summed E-state index contributed by atoms with van der Waals surface area (Å²) in [5.74, 6) is 0.286. The van der Waals surface area contributed by atoms with E-state index in [-0.39, 0.29) is 17.5 Å². The second-order valence-corrected chi connectivity index (χ2v) is 5.52. The number of carbonyl (C=O) groups excluding carboxylic acids is 2. The first kappa shape index (κ1) is 18.3. The van der Waals surface area contributed by atoms with Crippen LogP contribution in [0.25, 0.3) is 0 Å². The molecule has 2 aromatic rings. The van der Waals surface area contributed by atoms with Gasteiger partial charge in [-0.3, -0.25) is 4.79 Å². The van der Waals surface area contributed by atoms with Gasteiger partial charge < -0.3 is 9.47 Å². The van der Waals surface area contributed by atoms with Gasteiger partial charge in [-0.25, -0.2) is 4.79 Å². The van der Waals surface area contributed by atoms with E-state index in [1.54, 1.807) is 43.5 Å². The highest BCUT2D eigenvalue weighted by Crippen LogP contribution is 2.24. The molecule has 0 amide bonds. The first-order chi connectivity index (χ1) is 11.5. The van der Waals surface area contributed by atoms with Crippen LogP contribution in [0.1, 0.15) is 37.4 Å². The van der Waals surface area contributed by atoms with Gasteiger partial charge in [0.15, 0.2) is 5.78 Å². The fourth-order valence-corrected chi connectivity index (χ4v) is 2.78. The highest BCUT2D eigenvalue weighted by atomic mass is 35.5. The Kier molecular flexibility index (Phi) is 6.23. The number of alkyl halides is 2. The average molecular weight is 367 g/mol. The van der Waals surface area contributed by atoms with Crippen LogP contribution in [0, 0.1) is 0 Å². The van der Waals surface area contributed by atoms with Crippen LogP contribution in [-0.4, -0.2) is 26.0 Å². The summed E-state index contributed by atoms with van der Waals surface area (Å²) in [6, 6.07) is 9.80. The number of carbonyl (C=O) groups is 2. The summed E-state index contributed by atoms with van der Waals surface area (Å²) in [4.78, 5) is 24.4. The van der Waals surface area contributed by atoms with Gasteiger partial charge >= 0.3 is 5.97 Å². The molecule has 24 heavy (non-hydrogen) atoms. The maximum absolute atomic E-state index is 12.7. The van der Waals surface area contributed by atoms with Crippen molar-refractivity contribution in [2.75, 3.05) is 14.2 Å². The monoisotopic (exact) mass is 366 g/mol. The Balaban J connectivity index is 2.41. The molecule has 0 N–H and O–H groups in total. The molecule has 0 aliphatic heterocycles. The molecule has 126 valence electrons. The molecule has 0 fully saturated rings. The van der Waals surface area contributed by atoms with Crippen LogP contribution in [0.3, 0.4) is 0 Å². The lowest BCUT2D eigenvalue weighted by Gasteiger charge is -2.10. The zero-order valence-electron chi connectivity index (χ0n) is 13.3. The second-order valence-electron chi connectivity index (χ2n) is 4.99. The van der Waals surface area contributed by atoms with E-state index in [0.29, 0.717) is 28.0 Å². The molecule has 2 aromatic carbocycles. The van der Waals surface area contributed by atoms with E-state index in [9.17, 15) is 9.59 Å². The highest BCUT2D eigenvalue weighted by Gasteiger charge is 2.16. The summed E-state index contributed by atoms with van der Waals surface area (Å²) in [6.45, 7) is 0. The van der Waals surface area contributed by atoms with Crippen LogP contribution >= 0.6 is 23.2 Å². The van der Waals surface area contributed by atoms with Gasteiger partial charge in [-0.1, -0.05) is 6.07 Å². The summed E-state index contributed by atoms with van der Waals surface area (Å²) >= 11 is 11.8. The van der Waals surface area contributed by atoms with E-state index in [1.807, 2.05) is 0 Å². The van der Waals surface area contributed by atoms with E-state index in [2.05, 4.69) is 0 Å². The van der Waals surface area contributed by atoms with Crippen molar-refractivity contribution in [1.82, 2.24) is 0 Å². The molecule has 0 aliphatic rings. The Morgan fingerprint density at radius 2 is 1.50 bits per heavy atom. The highest BCUT2D eigenvalue weighted by molar-refractivity contribution is 6.18. The lowest BCUT2D eigenvalue weighted by Crippen LogP contribution is -2.08. The molecule has 0 saturated heterocycles. The molecule has 6 heteroatoms. The Labute approximate surface area is 150 Å². The number of ether oxygens (including phenoxy) is 2. The largest absolute Gasteiger partial charge is 0.496 e. The SMILES string of the molecule is COC(=O)c1ccc(C(=O)c2ccc(OC)c(CCl)c2)cc1CCl. The van der Waals surface area contributed by atoms with Crippen LogP contribution in [0.4, 0.5) is 0 Å². The third kappa shape index (κ3) is 3.71. The number of hydrogen-bond acceptors (Lipinski definition) is 4. The third-order valence-corrected chi connectivity index (χ3v) is 4.18. The zero-order valence-corrected chi connectivity index (χ0v) is 14.8. The standard InChI is InChI=1S/C18H16Cl2O4/c1-23-16-6-4-12(8-14(16)10-20)17(21)11-3-5-15(18(22)24-2)13(7-11)9-19/h3-8H,9-10H2,1-2H3. The average Bonchev–Trinajstić information content (AvgIpc) is 2.65. The van der Waals surface area contributed by atoms with Crippen LogP contribution < -0.4 is 4.74 Å². The number of benzene rings is 2. The van der Waals surface area contributed by atoms with Crippen molar-refractivity contribution >= 4 is 35.0 Å². The van der Waals surface area contributed by atoms with Crippen molar-refractivity contribution in [3.8, 4) is 5.75 Å². The predicted molar refractivity (Wildman–Crippen MR) is 93.3 cm³/mol. The lowest BCUT2D eigenvalue weighted by molar-refractivity contribution is 0.0599. The van der Waals surface area contributed by atoms with E-state index in [1.165, 1.54) is 7.11 Å². The molecule has 2 rings (SSSR count). The van der Waals surface area contributed by atoms with Crippen LogP contribution in [0.2, 0.25) is 0 Å². The third-order valence-electron chi connectivity index (χ3n) is 3.60. The fraction of sp³-hybridized carbons (Fsp3) is 0.222. The molecule has 0 heterocycles. The summed E-state index contributed by atoms with van der Waals surface area (Å²) in [6.07, 6.45) is 0. The van der Waals surface area contributed by atoms with Gasteiger partial charge in [-0.2, -0.15) is 0 Å². The molecule has 0 aromatic heterocycles. The Bertz CT molecular complexity index is 772. The number of ketones is 1. The Morgan fingerprint density at radius 1 is 0.917 bits per heavy atom. The molecule has 4 nitrogen and oxygen atoms in total. The van der Waals surface area contributed by atoms with Crippen LogP contribution in [0.5, 0.6) is 5.75 Å². The van der Waals surface area contributed by atoms with E-state index >= 15 is 0 Å². The number of hydrogen-bond donors (Lipinski definition) is 0. The Hall–Kier alpha value is -2.04. The molecule has 0 atom stereocenters. The quantitative estimate of drug-likeness (QED) is 0.437. The van der Waals surface area contributed by atoms with Crippen molar-refractivity contribution in [1.29, 1.82) is 0 Å². The molecule has 0 radical (unpaired) electrons. The van der Waals surface area contributed by atoms with E-state index in [4.69, 9.17) is 32.7 Å². The molecule has 0 spiro atoms. The van der Waals surface area contributed by atoms with Crippen LogP contribution in [0.15, 0.2) is 36.4 Å². The minimum atomic E-state index is -0.487. The van der Waals surface area contributed by atoms with Gasteiger partial charge in [0, 0.05) is 22.6 Å². The van der Waals surface area contributed by atoms with Gasteiger partial charge in [-0.15, -0.1) is 23.2 Å². The summed E-state index contributed by atoms with van der Waals surface area (Å²) in [5, 5.41) is 0. The first-order valence-electron chi connectivity index (χ1n) is 7.10. The van der Waals surface area contributed by atoms with Gasteiger partial charge in [-0.05, 0) is 35.9 Å². The fourth-order valence-electron chi connectivity index (χ4n) is 2.35. The first-order valence-corrected chi connectivity index (χ1v) is 8.17. The predicted octanol–water partition coefficient (Wildman–Crippen LogP) is 4.19. The lowest BCUT2D eigenvalue weighted by atomic mass is 9.97. The second kappa shape index (κ2) is 8.18. The van der Waals surface area contributed by atoms with Gasteiger partial charge in [0.2, 0.25) is 0 Å². The Morgan fingerprint density at radius 3 is 2.04 bits per heavy atom. The molecule has 0 saturated carbocycles. The number of esters is 1. The van der Waals surface area contributed by atoms with Crippen molar-refractivity contribution in [2.24, 2.45) is 0 Å². The smallest absolute Gasteiger partial charge is 0.338 e. The topological polar surface area (TPSA) is 52.6 Å². The van der Waals surface area contributed by atoms with E-state index in [0.717, 1.165) is 5.56 Å². The molecular formula is C18H16Cl2O4. The van der Waals surface area contributed by atoms with Gasteiger partial charge in [0.05, 0.1) is 25.7 Å². The van der Waals surface area contributed by atoms with Crippen molar-refractivity contribution in [3.05, 3.63) is 64.2 Å². The van der Waals surface area contributed by atoms with Gasteiger partial charge in [0.25, 0.3) is 0 Å². The number of halogens is 2. The molecule has 0 bridgehead atoms.